The number of aromatic nitrogens is 2. The lowest BCUT2D eigenvalue weighted by Crippen LogP contribution is -2.56. The Morgan fingerprint density at radius 1 is 1.42 bits per heavy atom. The first-order chi connectivity index (χ1) is 8.93. The maximum Gasteiger partial charge on any atom is 0.329 e. The number of aryl methyl sites for hydroxylation is 1. The Morgan fingerprint density at radius 2 is 2.05 bits per heavy atom. The minimum atomic E-state index is -1.21. The van der Waals surface area contributed by atoms with Crippen LogP contribution in [0.5, 0.6) is 0 Å². The molecule has 0 unspecified atom stereocenters. The van der Waals surface area contributed by atoms with Gasteiger partial charge in [0.15, 0.2) is 0 Å². The van der Waals surface area contributed by atoms with Crippen LogP contribution in [0.4, 0.5) is 4.79 Å². The molecule has 0 aliphatic carbocycles. The number of nitrogens with zero attached hydrogens (tertiary/aromatic N) is 2. The Morgan fingerprint density at radius 3 is 2.47 bits per heavy atom. The average molecular weight is 268 g/mol. The SMILES string of the molecule is CCC(CC)(NC(=O)NCc1ccn(C)n1)C(=O)O. The third kappa shape index (κ3) is 3.70. The van der Waals surface area contributed by atoms with E-state index in [1.807, 2.05) is 0 Å². The third-order valence-electron chi connectivity index (χ3n) is 3.17. The number of hydrogen-bond donors (Lipinski definition) is 3. The first-order valence-corrected chi connectivity index (χ1v) is 6.21. The lowest BCUT2D eigenvalue weighted by molar-refractivity contribution is -0.144. The minimum Gasteiger partial charge on any atom is -0.480 e. The maximum atomic E-state index is 11.7. The number of carbonyl (C=O) groups excluding carboxylic acids is 1. The molecule has 0 aliphatic rings. The van der Waals surface area contributed by atoms with Crippen molar-refractivity contribution in [2.45, 2.75) is 38.8 Å². The Balaban J connectivity index is 2.56. The van der Waals surface area contributed by atoms with Crippen LogP contribution in [0.3, 0.4) is 0 Å². The van der Waals surface area contributed by atoms with Gasteiger partial charge in [-0.1, -0.05) is 13.8 Å². The second-order valence-corrected chi connectivity index (χ2v) is 4.38. The van der Waals surface area contributed by atoms with Crippen molar-refractivity contribution in [2.24, 2.45) is 7.05 Å². The fourth-order valence-corrected chi connectivity index (χ4v) is 1.77. The zero-order valence-corrected chi connectivity index (χ0v) is 11.4. The summed E-state index contributed by atoms with van der Waals surface area (Å²) in [6.07, 6.45) is 2.43. The quantitative estimate of drug-likeness (QED) is 0.713. The van der Waals surface area contributed by atoms with Gasteiger partial charge in [-0.2, -0.15) is 5.10 Å². The van der Waals surface area contributed by atoms with E-state index in [4.69, 9.17) is 0 Å². The molecule has 0 aliphatic heterocycles. The van der Waals surface area contributed by atoms with Gasteiger partial charge >= 0.3 is 12.0 Å². The number of rotatable bonds is 6. The molecule has 1 aromatic heterocycles. The van der Waals surface area contributed by atoms with Gasteiger partial charge in [-0.3, -0.25) is 4.68 Å². The van der Waals surface area contributed by atoms with E-state index in [2.05, 4.69) is 15.7 Å². The van der Waals surface area contributed by atoms with E-state index in [0.717, 1.165) is 0 Å². The zero-order chi connectivity index (χ0) is 14.5. The third-order valence-corrected chi connectivity index (χ3v) is 3.17. The fourth-order valence-electron chi connectivity index (χ4n) is 1.77. The lowest BCUT2D eigenvalue weighted by atomic mass is 9.93. The Kier molecular flexibility index (Phi) is 4.91. The summed E-state index contributed by atoms with van der Waals surface area (Å²) >= 11 is 0. The van der Waals surface area contributed by atoms with Crippen LogP contribution in [0.2, 0.25) is 0 Å². The van der Waals surface area contributed by atoms with Crippen molar-refractivity contribution in [1.82, 2.24) is 20.4 Å². The van der Waals surface area contributed by atoms with Gasteiger partial charge in [0.1, 0.15) is 5.54 Å². The van der Waals surface area contributed by atoms with Gasteiger partial charge in [0.05, 0.1) is 12.2 Å². The summed E-state index contributed by atoms with van der Waals surface area (Å²) in [7, 11) is 1.78. The summed E-state index contributed by atoms with van der Waals surface area (Å²) in [5.41, 5.74) is -0.500. The molecule has 1 heterocycles. The molecule has 7 heteroatoms. The number of urea groups is 1. The fraction of sp³-hybridized carbons (Fsp3) is 0.583. The Bertz CT molecular complexity index is 452. The van der Waals surface area contributed by atoms with Gasteiger partial charge < -0.3 is 15.7 Å². The van der Waals surface area contributed by atoms with Gasteiger partial charge in [-0.15, -0.1) is 0 Å². The van der Waals surface area contributed by atoms with Crippen molar-refractivity contribution in [1.29, 1.82) is 0 Å². The van der Waals surface area contributed by atoms with Gasteiger partial charge in [0.2, 0.25) is 0 Å². The predicted octanol–water partition coefficient (Wildman–Crippen LogP) is 0.863. The molecule has 3 N–H and O–H groups in total. The van der Waals surface area contributed by atoms with Crippen LogP contribution < -0.4 is 10.6 Å². The van der Waals surface area contributed by atoms with Gasteiger partial charge in [0.25, 0.3) is 0 Å². The molecular formula is C12H20N4O3. The molecule has 19 heavy (non-hydrogen) atoms. The number of hydrogen-bond acceptors (Lipinski definition) is 3. The van der Waals surface area contributed by atoms with Crippen molar-refractivity contribution in [2.75, 3.05) is 0 Å². The number of carboxylic acid groups (broad SMARTS) is 1. The first-order valence-electron chi connectivity index (χ1n) is 6.21. The van der Waals surface area contributed by atoms with E-state index in [9.17, 15) is 14.7 Å². The molecule has 0 radical (unpaired) electrons. The second-order valence-electron chi connectivity index (χ2n) is 4.38. The highest BCUT2D eigenvalue weighted by Crippen LogP contribution is 2.15. The summed E-state index contributed by atoms with van der Waals surface area (Å²) < 4.78 is 1.63. The molecule has 106 valence electrons. The molecule has 0 saturated carbocycles. The molecule has 0 bridgehead atoms. The highest BCUT2D eigenvalue weighted by atomic mass is 16.4. The van der Waals surface area contributed by atoms with E-state index in [-0.39, 0.29) is 6.54 Å². The number of amides is 2. The molecule has 2 amide bonds. The van der Waals surface area contributed by atoms with Crippen molar-refractivity contribution in [3.63, 3.8) is 0 Å². The van der Waals surface area contributed by atoms with Crippen molar-refractivity contribution in [3.8, 4) is 0 Å². The van der Waals surface area contributed by atoms with E-state index < -0.39 is 17.5 Å². The standard InChI is InChI=1S/C12H20N4O3/c1-4-12(5-2,10(17)18)14-11(19)13-8-9-6-7-16(3)15-9/h6-7H,4-5,8H2,1-3H3,(H,17,18)(H2,13,14,19). The van der Waals surface area contributed by atoms with Crippen LogP contribution in [0.25, 0.3) is 0 Å². The lowest BCUT2D eigenvalue weighted by Gasteiger charge is -2.27. The van der Waals surface area contributed by atoms with Crippen molar-refractivity contribution >= 4 is 12.0 Å². The molecule has 0 fully saturated rings. The van der Waals surface area contributed by atoms with E-state index >= 15 is 0 Å². The van der Waals surface area contributed by atoms with Crippen LogP contribution in [-0.4, -0.2) is 32.4 Å². The normalized spacial score (nSPS) is 11.1. The zero-order valence-electron chi connectivity index (χ0n) is 11.4. The van der Waals surface area contributed by atoms with Gasteiger partial charge in [0, 0.05) is 13.2 Å². The molecule has 0 atom stereocenters. The molecular weight excluding hydrogens is 248 g/mol. The molecule has 7 nitrogen and oxygen atoms in total. The first kappa shape index (κ1) is 15.0. The second kappa shape index (κ2) is 6.21. The largest absolute Gasteiger partial charge is 0.480 e. The molecule has 1 aromatic rings. The topological polar surface area (TPSA) is 96.3 Å². The van der Waals surface area contributed by atoms with Crippen molar-refractivity contribution in [3.05, 3.63) is 18.0 Å². The summed E-state index contributed by atoms with van der Waals surface area (Å²) in [6, 6.07) is 1.28. The summed E-state index contributed by atoms with van der Waals surface area (Å²) in [5, 5.41) is 18.4. The monoisotopic (exact) mass is 268 g/mol. The predicted molar refractivity (Wildman–Crippen MR) is 69.5 cm³/mol. The van der Waals surface area contributed by atoms with Crippen LogP contribution in [0.15, 0.2) is 12.3 Å². The summed E-state index contributed by atoms with van der Waals surface area (Å²) in [6.45, 7) is 3.73. The number of aliphatic carboxylic acids is 1. The maximum absolute atomic E-state index is 11.7. The minimum absolute atomic E-state index is 0.260. The number of carboxylic acids is 1. The van der Waals surface area contributed by atoms with E-state index in [1.165, 1.54) is 0 Å². The highest BCUT2D eigenvalue weighted by Gasteiger charge is 2.36. The van der Waals surface area contributed by atoms with E-state index in [1.54, 1.807) is 37.8 Å². The molecule has 1 rings (SSSR count). The summed E-state index contributed by atoms with van der Waals surface area (Å²) in [5.74, 6) is -1.02. The highest BCUT2D eigenvalue weighted by molar-refractivity contribution is 5.86. The van der Waals surface area contributed by atoms with E-state index in [0.29, 0.717) is 18.5 Å². The van der Waals surface area contributed by atoms with Gasteiger partial charge in [-0.05, 0) is 18.9 Å². The van der Waals surface area contributed by atoms with Crippen LogP contribution >= 0.6 is 0 Å². The number of nitrogens with one attached hydrogen (secondary N) is 2. The summed E-state index contributed by atoms with van der Waals surface area (Å²) in [4.78, 5) is 23.0. The number of carbonyl (C=O) groups is 2. The van der Waals surface area contributed by atoms with Crippen LogP contribution in [0, 0.1) is 0 Å². The molecule has 0 spiro atoms. The van der Waals surface area contributed by atoms with Gasteiger partial charge in [-0.25, -0.2) is 9.59 Å². The molecule has 0 aromatic carbocycles. The van der Waals surface area contributed by atoms with Crippen molar-refractivity contribution < 1.29 is 14.7 Å². The molecule has 0 saturated heterocycles. The Labute approximate surface area is 112 Å². The van der Waals surface area contributed by atoms with Crippen LogP contribution in [-0.2, 0) is 18.4 Å². The smallest absolute Gasteiger partial charge is 0.329 e. The Hall–Kier alpha value is -2.05. The average Bonchev–Trinajstić information content (AvgIpc) is 2.79. The van der Waals surface area contributed by atoms with Crippen LogP contribution in [0.1, 0.15) is 32.4 Å².